The summed E-state index contributed by atoms with van der Waals surface area (Å²) in [6.45, 7) is 1.70. The first kappa shape index (κ1) is 13.3. The summed E-state index contributed by atoms with van der Waals surface area (Å²) in [4.78, 5) is 10.3. The zero-order valence-electron chi connectivity index (χ0n) is 10.2. The van der Waals surface area contributed by atoms with E-state index in [9.17, 15) is 10.1 Å². The predicted molar refractivity (Wildman–Crippen MR) is 67.2 cm³/mol. The average Bonchev–Trinajstić information content (AvgIpc) is 2.87. The number of hydrogen-bond donors (Lipinski definition) is 0. The van der Waals surface area contributed by atoms with Gasteiger partial charge in [0.05, 0.1) is 12.0 Å². The number of methoxy groups -OCH3 is 1. The minimum absolute atomic E-state index is 0.126. The van der Waals surface area contributed by atoms with Crippen LogP contribution >= 0.6 is 11.6 Å². The van der Waals surface area contributed by atoms with E-state index >= 15 is 0 Å². The number of benzene rings is 1. The van der Waals surface area contributed by atoms with Gasteiger partial charge in [0.1, 0.15) is 5.38 Å². The maximum Gasteiger partial charge on any atom is 0.310 e. The molecular weight excluding hydrogens is 274 g/mol. The fourth-order valence-corrected chi connectivity index (χ4v) is 1.56. The van der Waals surface area contributed by atoms with Crippen LogP contribution in [-0.2, 0) is 0 Å². The Bertz CT molecular complexity index is 612. The Balaban J connectivity index is 2.42. The molecule has 1 aromatic heterocycles. The normalized spacial score (nSPS) is 12.2. The summed E-state index contributed by atoms with van der Waals surface area (Å²) in [5, 5.41) is 18.0. The van der Waals surface area contributed by atoms with Gasteiger partial charge in [0.2, 0.25) is 11.8 Å². The van der Waals surface area contributed by atoms with Crippen molar-refractivity contribution < 1.29 is 14.1 Å². The van der Waals surface area contributed by atoms with E-state index in [1.54, 1.807) is 6.92 Å². The van der Waals surface area contributed by atoms with Gasteiger partial charge in [0.25, 0.3) is 0 Å². The number of ether oxygens (including phenoxy) is 1. The van der Waals surface area contributed by atoms with Gasteiger partial charge in [0, 0.05) is 17.7 Å². The third-order valence-corrected chi connectivity index (χ3v) is 2.59. The lowest BCUT2D eigenvalue weighted by Crippen LogP contribution is -1.94. The van der Waals surface area contributed by atoms with E-state index in [0.29, 0.717) is 5.56 Å². The highest BCUT2D eigenvalue weighted by atomic mass is 35.5. The van der Waals surface area contributed by atoms with Crippen molar-refractivity contribution in [2.24, 2.45) is 0 Å². The second-order valence-electron chi connectivity index (χ2n) is 3.71. The Labute approximate surface area is 113 Å². The number of nitro benzene ring substituents is 1. The SMILES string of the molecule is COc1cc(-c2nnc(C(C)Cl)o2)ccc1[N+](=O)[O-]. The number of nitro groups is 1. The first-order valence-electron chi connectivity index (χ1n) is 5.33. The van der Waals surface area contributed by atoms with E-state index in [1.807, 2.05) is 0 Å². The highest BCUT2D eigenvalue weighted by molar-refractivity contribution is 6.20. The summed E-state index contributed by atoms with van der Waals surface area (Å²) in [5.74, 6) is 0.644. The summed E-state index contributed by atoms with van der Waals surface area (Å²) in [7, 11) is 1.35. The van der Waals surface area contributed by atoms with Crippen LogP contribution in [0.15, 0.2) is 22.6 Å². The molecule has 0 saturated carbocycles. The third-order valence-electron chi connectivity index (χ3n) is 2.40. The van der Waals surface area contributed by atoms with Crippen molar-refractivity contribution in [2.75, 3.05) is 7.11 Å². The van der Waals surface area contributed by atoms with Crippen LogP contribution < -0.4 is 4.74 Å². The van der Waals surface area contributed by atoms with Gasteiger partial charge in [-0.3, -0.25) is 10.1 Å². The summed E-state index contributed by atoms with van der Waals surface area (Å²) >= 11 is 5.82. The summed E-state index contributed by atoms with van der Waals surface area (Å²) in [5.41, 5.74) is 0.398. The molecule has 1 atom stereocenters. The van der Waals surface area contributed by atoms with E-state index in [2.05, 4.69) is 10.2 Å². The van der Waals surface area contributed by atoms with Crippen LogP contribution in [0.1, 0.15) is 18.2 Å². The molecule has 2 aromatic rings. The van der Waals surface area contributed by atoms with E-state index in [0.717, 1.165) is 0 Å². The first-order valence-corrected chi connectivity index (χ1v) is 5.77. The highest BCUT2D eigenvalue weighted by Crippen LogP contribution is 2.32. The van der Waals surface area contributed by atoms with Crippen LogP contribution in [0, 0.1) is 10.1 Å². The zero-order chi connectivity index (χ0) is 14.0. The zero-order valence-corrected chi connectivity index (χ0v) is 10.9. The minimum Gasteiger partial charge on any atom is -0.490 e. The maximum absolute atomic E-state index is 10.8. The summed E-state index contributed by atoms with van der Waals surface area (Å²) in [6.07, 6.45) is 0. The fraction of sp³-hybridized carbons (Fsp3) is 0.273. The Morgan fingerprint density at radius 2 is 2.21 bits per heavy atom. The van der Waals surface area contributed by atoms with Crippen LogP contribution in [0.25, 0.3) is 11.5 Å². The van der Waals surface area contributed by atoms with E-state index in [-0.39, 0.29) is 23.2 Å². The van der Waals surface area contributed by atoms with Crippen LogP contribution in [0.3, 0.4) is 0 Å². The lowest BCUT2D eigenvalue weighted by Gasteiger charge is -2.02. The van der Waals surface area contributed by atoms with Gasteiger partial charge in [-0.15, -0.1) is 21.8 Å². The van der Waals surface area contributed by atoms with Crippen LogP contribution in [0.2, 0.25) is 0 Å². The molecule has 0 aliphatic carbocycles. The molecule has 8 heteroatoms. The molecule has 19 heavy (non-hydrogen) atoms. The molecule has 0 bridgehead atoms. The Hall–Kier alpha value is -2.15. The van der Waals surface area contributed by atoms with Gasteiger partial charge in [-0.2, -0.15) is 0 Å². The van der Waals surface area contributed by atoms with Crippen molar-refractivity contribution in [3.63, 3.8) is 0 Å². The molecule has 0 spiro atoms. The predicted octanol–water partition coefficient (Wildman–Crippen LogP) is 2.95. The molecule has 0 fully saturated rings. The number of aromatic nitrogens is 2. The average molecular weight is 284 g/mol. The van der Waals surface area contributed by atoms with Gasteiger partial charge in [-0.1, -0.05) is 0 Å². The van der Waals surface area contributed by atoms with Crippen molar-refractivity contribution in [3.8, 4) is 17.2 Å². The molecule has 0 aliphatic heterocycles. The highest BCUT2D eigenvalue weighted by Gasteiger charge is 2.18. The molecule has 1 unspecified atom stereocenters. The molecule has 0 N–H and O–H groups in total. The quantitative estimate of drug-likeness (QED) is 0.486. The Morgan fingerprint density at radius 1 is 1.47 bits per heavy atom. The minimum atomic E-state index is -0.525. The van der Waals surface area contributed by atoms with E-state index in [4.69, 9.17) is 20.8 Å². The van der Waals surface area contributed by atoms with Gasteiger partial charge >= 0.3 is 5.69 Å². The number of rotatable bonds is 4. The van der Waals surface area contributed by atoms with Crippen molar-refractivity contribution in [1.29, 1.82) is 0 Å². The van der Waals surface area contributed by atoms with E-state index in [1.165, 1.54) is 25.3 Å². The standard InChI is InChI=1S/C11H10ClN3O4/c1-6(12)10-13-14-11(19-10)7-3-4-8(15(16)17)9(5-7)18-2/h3-6H,1-2H3. The molecular formula is C11H10ClN3O4. The van der Waals surface area contributed by atoms with E-state index < -0.39 is 10.3 Å². The molecule has 0 saturated heterocycles. The molecule has 1 aromatic carbocycles. The Morgan fingerprint density at radius 3 is 2.74 bits per heavy atom. The van der Waals surface area contributed by atoms with Crippen molar-refractivity contribution in [3.05, 3.63) is 34.2 Å². The van der Waals surface area contributed by atoms with Gasteiger partial charge in [0.15, 0.2) is 5.75 Å². The second kappa shape index (κ2) is 5.23. The van der Waals surface area contributed by atoms with Gasteiger partial charge in [-0.25, -0.2) is 0 Å². The fourth-order valence-electron chi connectivity index (χ4n) is 1.47. The third kappa shape index (κ3) is 2.65. The molecule has 0 radical (unpaired) electrons. The number of nitrogens with zero attached hydrogens (tertiary/aromatic N) is 3. The Kier molecular flexibility index (Phi) is 3.66. The van der Waals surface area contributed by atoms with Crippen LogP contribution in [-0.4, -0.2) is 22.2 Å². The number of hydrogen-bond acceptors (Lipinski definition) is 6. The monoisotopic (exact) mass is 283 g/mol. The van der Waals surface area contributed by atoms with Crippen molar-refractivity contribution in [2.45, 2.75) is 12.3 Å². The van der Waals surface area contributed by atoms with Crippen molar-refractivity contribution in [1.82, 2.24) is 10.2 Å². The topological polar surface area (TPSA) is 91.3 Å². The number of halogens is 1. The molecule has 7 nitrogen and oxygen atoms in total. The maximum atomic E-state index is 10.8. The second-order valence-corrected chi connectivity index (χ2v) is 4.36. The van der Waals surface area contributed by atoms with Gasteiger partial charge < -0.3 is 9.15 Å². The lowest BCUT2D eigenvalue weighted by atomic mass is 10.2. The van der Waals surface area contributed by atoms with Crippen LogP contribution in [0.5, 0.6) is 5.75 Å². The lowest BCUT2D eigenvalue weighted by molar-refractivity contribution is -0.385. The number of alkyl halides is 1. The van der Waals surface area contributed by atoms with Crippen molar-refractivity contribution >= 4 is 17.3 Å². The first-order chi connectivity index (χ1) is 9.02. The molecule has 1 heterocycles. The molecule has 0 amide bonds. The summed E-state index contributed by atoms with van der Waals surface area (Å²) in [6, 6.07) is 4.30. The smallest absolute Gasteiger partial charge is 0.310 e. The van der Waals surface area contributed by atoms with Gasteiger partial charge in [-0.05, 0) is 13.0 Å². The molecule has 0 aliphatic rings. The van der Waals surface area contributed by atoms with Crippen LogP contribution in [0.4, 0.5) is 5.69 Å². The molecule has 2 rings (SSSR count). The molecule has 100 valence electrons. The summed E-state index contributed by atoms with van der Waals surface area (Å²) < 4.78 is 10.3. The largest absolute Gasteiger partial charge is 0.490 e.